The first-order chi connectivity index (χ1) is 11.2. The molecule has 0 aromatic heterocycles. The molecule has 2 rings (SSSR count). The summed E-state index contributed by atoms with van der Waals surface area (Å²) in [5.41, 5.74) is 1.55. The molecule has 0 aliphatic rings. The van der Waals surface area contributed by atoms with Crippen LogP contribution in [0, 0.1) is 17.1 Å². The van der Waals surface area contributed by atoms with Crippen molar-refractivity contribution in [2.24, 2.45) is 5.14 Å². The molecule has 0 saturated carbocycles. The first-order valence-corrected chi connectivity index (χ1v) is 8.78. The predicted octanol–water partition coefficient (Wildman–Crippen LogP) is 2.54. The van der Waals surface area contributed by atoms with Crippen molar-refractivity contribution >= 4 is 10.0 Å². The van der Waals surface area contributed by atoms with Gasteiger partial charge in [-0.3, -0.25) is 4.90 Å². The lowest BCUT2D eigenvalue weighted by Crippen LogP contribution is -2.23. The Kier molecular flexibility index (Phi) is 5.34. The molecule has 0 spiro atoms. The zero-order valence-electron chi connectivity index (χ0n) is 13.4. The van der Waals surface area contributed by atoms with E-state index >= 15 is 0 Å². The first-order valence-electron chi connectivity index (χ1n) is 7.24. The summed E-state index contributed by atoms with van der Waals surface area (Å²) in [6.07, 6.45) is 0. The summed E-state index contributed by atoms with van der Waals surface area (Å²) in [5.74, 6) is -0.383. The molecular weight excluding hydrogens is 329 g/mol. The average molecular weight is 347 g/mol. The fourth-order valence-electron chi connectivity index (χ4n) is 2.38. The number of nitrogens with zero attached hydrogens (tertiary/aromatic N) is 2. The minimum atomic E-state index is -3.77. The normalized spacial score (nSPS) is 12.8. The Balaban J connectivity index is 2.25. The molecule has 1 unspecified atom stereocenters. The maximum atomic E-state index is 13.9. The molecule has 0 amide bonds. The zero-order chi connectivity index (χ0) is 17.9. The number of halogens is 1. The van der Waals surface area contributed by atoms with Crippen LogP contribution in [0.25, 0.3) is 0 Å². The maximum Gasteiger partial charge on any atom is 0.238 e. The molecule has 0 aliphatic heterocycles. The second-order valence-electron chi connectivity index (χ2n) is 5.63. The molecular formula is C17H18FN3O2S. The fraction of sp³-hybridized carbons (Fsp3) is 0.235. The van der Waals surface area contributed by atoms with Gasteiger partial charge in [0, 0.05) is 18.2 Å². The van der Waals surface area contributed by atoms with Crippen LogP contribution in [0.15, 0.2) is 47.4 Å². The van der Waals surface area contributed by atoms with Crippen molar-refractivity contribution in [1.29, 1.82) is 5.26 Å². The first kappa shape index (κ1) is 18.1. The highest BCUT2D eigenvalue weighted by Gasteiger charge is 2.16. The molecule has 0 aliphatic carbocycles. The van der Waals surface area contributed by atoms with E-state index in [1.165, 1.54) is 30.3 Å². The van der Waals surface area contributed by atoms with Crippen LogP contribution in [-0.2, 0) is 16.6 Å². The van der Waals surface area contributed by atoms with Gasteiger partial charge in [-0.15, -0.1) is 0 Å². The van der Waals surface area contributed by atoms with Crippen molar-refractivity contribution < 1.29 is 12.8 Å². The van der Waals surface area contributed by atoms with Crippen molar-refractivity contribution in [1.82, 2.24) is 4.90 Å². The van der Waals surface area contributed by atoms with E-state index in [2.05, 4.69) is 0 Å². The van der Waals surface area contributed by atoms with Gasteiger partial charge in [0.15, 0.2) is 0 Å². The van der Waals surface area contributed by atoms with Crippen molar-refractivity contribution in [2.45, 2.75) is 24.4 Å². The second kappa shape index (κ2) is 7.09. The Labute approximate surface area is 141 Å². The van der Waals surface area contributed by atoms with Crippen LogP contribution in [0.4, 0.5) is 4.39 Å². The molecule has 5 nitrogen and oxygen atoms in total. The number of benzene rings is 2. The zero-order valence-corrected chi connectivity index (χ0v) is 14.2. The molecule has 0 radical (unpaired) electrons. The van der Waals surface area contributed by atoms with Gasteiger partial charge in [-0.25, -0.2) is 17.9 Å². The summed E-state index contributed by atoms with van der Waals surface area (Å²) in [4.78, 5) is 1.90. The summed E-state index contributed by atoms with van der Waals surface area (Å²) in [5, 5.41) is 14.1. The van der Waals surface area contributed by atoms with Gasteiger partial charge in [0.25, 0.3) is 0 Å². The third-order valence-corrected chi connectivity index (χ3v) is 4.84. The van der Waals surface area contributed by atoms with E-state index in [0.29, 0.717) is 11.1 Å². The Hall–Kier alpha value is -2.27. The van der Waals surface area contributed by atoms with E-state index in [9.17, 15) is 12.8 Å². The van der Waals surface area contributed by atoms with Gasteiger partial charge in [0.1, 0.15) is 5.82 Å². The van der Waals surface area contributed by atoms with Gasteiger partial charge in [0.05, 0.1) is 16.5 Å². The van der Waals surface area contributed by atoms with Crippen molar-refractivity contribution in [3.05, 3.63) is 65.0 Å². The van der Waals surface area contributed by atoms with Crippen LogP contribution < -0.4 is 5.14 Å². The fourth-order valence-corrected chi connectivity index (χ4v) is 2.95. The van der Waals surface area contributed by atoms with Crippen LogP contribution in [0.2, 0.25) is 0 Å². The lowest BCUT2D eigenvalue weighted by atomic mass is 10.1. The Bertz CT molecular complexity index is 891. The molecule has 0 bridgehead atoms. The number of nitrogens with two attached hydrogens (primary N) is 1. The number of hydrogen-bond donors (Lipinski definition) is 1. The summed E-state index contributed by atoms with van der Waals surface area (Å²) in [7, 11) is -1.98. The molecule has 0 heterocycles. The molecule has 24 heavy (non-hydrogen) atoms. The van der Waals surface area contributed by atoms with E-state index in [0.717, 1.165) is 5.56 Å². The highest BCUT2D eigenvalue weighted by Crippen LogP contribution is 2.24. The molecule has 0 fully saturated rings. The van der Waals surface area contributed by atoms with Crippen LogP contribution in [0.5, 0.6) is 0 Å². The molecule has 2 aromatic carbocycles. The number of nitriles is 1. The van der Waals surface area contributed by atoms with Gasteiger partial charge in [0.2, 0.25) is 10.0 Å². The third kappa shape index (κ3) is 4.17. The molecule has 126 valence electrons. The summed E-state index contributed by atoms with van der Waals surface area (Å²) in [6.45, 7) is 2.16. The minimum absolute atomic E-state index is 0.0397. The van der Waals surface area contributed by atoms with E-state index < -0.39 is 10.0 Å². The SMILES string of the molecule is CC(c1cccc(S(N)(=O)=O)c1)N(C)Cc1cc(C#N)ccc1F. The molecule has 0 saturated heterocycles. The predicted molar refractivity (Wildman–Crippen MR) is 88.8 cm³/mol. The third-order valence-electron chi connectivity index (χ3n) is 3.92. The number of primary sulfonamides is 1. The molecule has 2 aromatic rings. The maximum absolute atomic E-state index is 13.9. The second-order valence-corrected chi connectivity index (χ2v) is 7.19. The van der Waals surface area contributed by atoms with E-state index in [1.807, 2.05) is 17.9 Å². The highest BCUT2D eigenvalue weighted by atomic mass is 32.2. The molecule has 1 atom stereocenters. The van der Waals surface area contributed by atoms with E-state index in [1.54, 1.807) is 19.2 Å². The summed E-state index contributed by atoms with van der Waals surface area (Å²) < 4.78 is 36.9. The monoisotopic (exact) mass is 347 g/mol. The van der Waals surface area contributed by atoms with E-state index in [-0.39, 0.29) is 23.3 Å². The Morgan fingerprint density at radius 3 is 2.62 bits per heavy atom. The standard InChI is InChI=1S/C17H18FN3O2S/c1-12(14-4-3-5-16(9-14)24(20,22)23)21(2)11-15-8-13(10-19)6-7-17(15)18/h3-9,12H,11H2,1-2H3,(H2,20,22,23). The Morgan fingerprint density at radius 1 is 1.29 bits per heavy atom. The highest BCUT2D eigenvalue weighted by molar-refractivity contribution is 7.89. The van der Waals surface area contributed by atoms with Crippen molar-refractivity contribution in [2.75, 3.05) is 7.05 Å². The lowest BCUT2D eigenvalue weighted by Gasteiger charge is -2.25. The van der Waals surface area contributed by atoms with Crippen LogP contribution in [0.1, 0.15) is 29.7 Å². The van der Waals surface area contributed by atoms with Crippen LogP contribution in [-0.4, -0.2) is 20.4 Å². The molecule has 2 N–H and O–H groups in total. The largest absolute Gasteiger partial charge is 0.295 e. The number of sulfonamides is 1. The minimum Gasteiger partial charge on any atom is -0.295 e. The van der Waals surface area contributed by atoms with Gasteiger partial charge < -0.3 is 0 Å². The quantitative estimate of drug-likeness (QED) is 0.900. The molecule has 7 heteroatoms. The topological polar surface area (TPSA) is 87.2 Å². The van der Waals surface area contributed by atoms with Gasteiger partial charge in [-0.1, -0.05) is 12.1 Å². The van der Waals surface area contributed by atoms with Gasteiger partial charge in [-0.2, -0.15) is 5.26 Å². The van der Waals surface area contributed by atoms with Crippen LogP contribution >= 0.6 is 0 Å². The number of hydrogen-bond acceptors (Lipinski definition) is 4. The van der Waals surface area contributed by atoms with Crippen LogP contribution in [0.3, 0.4) is 0 Å². The lowest BCUT2D eigenvalue weighted by molar-refractivity contribution is 0.249. The van der Waals surface area contributed by atoms with E-state index in [4.69, 9.17) is 10.4 Å². The van der Waals surface area contributed by atoms with Gasteiger partial charge in [-0.05, 0) is 49.9 Å². The average Bonchev–Trinajstić information content (AvgIpc) is 2.55. The summed E-state index contributed by atoms with van der Waals surface area (Å²) in [6, 6.07) is 12.4. The Morgan fingerprint density at radius 2 is 2.00 bits per heavy atom. The van der Waals surface area contributed by atoms with Crippen molar-refractivity contribution in [3.8, 4) is 6.07 Å². The van der Waals surface area contributed by atoms with Crippen molar-refractivity contribution in [3.63, 3.8) is 0 Å². The summed E-state index contributed by atoms with van der Waals surface area (Å²) >= 11 is 0. The smallest absolute Gasteiger partial charge is 0.238 e. The number of rotatable bonds is 5. The van der Waals surface area contributed by atoms with Gasteiger partial charge >= 0.3 is 0 Å².